The lowest BCUT2D eigenvalue weighted by molar-refractivity contribution is 0.0443. The Morgan fingerprint density at radius 2 is 1.67 bits per heavy atom. The molecule has 0 bridgehead atoms. The lowest BCUT2D eigenvalue weighted by atomic mass is 10.1. The van der Waals surface area contributed by atoms with Gasteiger partial charge in [-0.2, -0.15) is 5.10 Å². The molecule has 0 spiro atoms. The summed E-state index contributed by atoms with van der Waals surface area (Å²) in [7, 11) is 1.59. The Kier molecular flexibility index (Phi) is 5.71. The predicted molar refractivity (Wildman–Crippen MR) is 100 cm³/mol. The standard InChI is InChI=1S/C20H20N2O5/c1-3-22-19(23)17-7-5-4-6-16(17)18(21-22)20(24)27-13-12-26-15-10-8-14(25-2)9-11-15/h4-11H,3,12-13H2,1-2H3. The number of hydrogen-bond donors (Lipinski definition) is 0. The first-order valence-electron chi connectivity index (χ1n) is 8.58. The van der Waals surface area contributed by atoms with Crippen LogP contribution in [0, 0.1) is 0 Å². The maximum Gasteiger partial charge on any atom is 0.359 e. The highest BCUT2D eigenvalue weighted by Gasteiger charge is 2.17. The van der Waals surface area contributed by atoms with Gasteiger partial charge in [0.25, 0.3) is 5.56 Å². The second kappa shape index (κ2) is 8.35. The van der Waals surface area contributed by atoms with Crippen LogP contribution in [0.3, 0.4) is 0 Å². The second-order valence-corrected chi connectivity index (χ2v) is 5.68. The monoisotopic (exact) mass is 368 g/mol. The van der Waals surface area contributed by atoms with Crippen molar-refractivity contribution < 1.29 is 19.0 Å². The highest BCUT2D eigenvalue weighted by molar-refractivity contribution is 6.02. The maximum absolute atomic E-state index is 12.5. The summed E-state index contributed by atoms with van der Waals surface area (Å²) in [6.45, 7) is 2.42. The highest BCUT2D eigenvalue weighted by atomic mass is 16.6. The minimum atomic E-state index is -0.591. The van der Waals surface area contributed by atoms with E-state index in [9.17, 15) is 9.59 Å². The summed E-state index contributed by atoms with van der Waals surface area (Å²) < 4.78 is 17.1. The number of esters is 1. The van der Waals surface area contributed by atoms with Gasteiger partial charge in [-0.1, -0.05) is 18.2 Å². The number of nitrogens with zero attached hydrogens (tertiary/aromatic N) is 2. The van der Waals surface area contributed by atoms with E-state index in [-0.39, 0.29) is 24.5 Å². The fourth-order valence-electron chi connectivity index (χ4n) is 2.63. The normalized spacial score (nSPS) is 10.6. The van der Waals surface area contributed by atoms with Crippen LogP contribution in [0.4, 0.5) is 0 Å². The fraction of sp³-hybridized carbons (Fsp3) is 0.250. The third kappa shape index (κ3) is 4.08. The van der Waals surface area contributed by atoms with E-state index in [1.54, 1.807) is 62.6 Å². The molecule has 0 fully saturated rings. The summed E-state index contributed by atoms with van der Waals surface area (Å²) in [5.74, 6) is 0.791. The van der Waals surface area contributed by atoms with Crippen LogP contribution in [0.1, 0.15) is 17.4 Å². The van der Waals surface area contributed by atoms with Gasteiger partial charge < -0.3 is 14.2 Å². The summed E-state index contributed by atoms with van der Waals surface area (Å²) in [5, 5.41) is 5.07. The van der Waals surface area contributed by atoms with Crippen molar-refractivity contribution in [3.8, 4) is 11.5 Å². The zero-order chi connectivity index (χ0) is 19.2. The third-order valence-corrected chi connectivity index (χ3v) is 4.01. The van der Waals surface area contributed by atoms with Crippen LogP contribution in [-0.2, 0) is 11.3 Å². The highest BCUT2D eigenvalue weighted by Crippen LogP contribution is 2.17. The molecule has 140 valence electrons. The molecule has 0 aliphatic carbocycles. The average Bonchev–Trinajstić information content (AvgIpc) is 2.72. The number of carbonyl (C=O) groups excluding carboxylic acids is 1. The van der Waals surface area contributed by atoms with Crippen LogP contribution in [0.25, 0.3) is 10.8 Å². The van der Waals surface area contributed by atoms with Gasteiger partial charge in [0.15, 0.2) is 5.69 Å². The minimum Gasteiger partial charge on any atom is -0.497 e. The van der Waals surface area contributed by atoms with Crippen LogP contribution in [0.15, 0.2) is 53.3 Å². The van der Waals surface area contributed by atoms with Crippen molar-refractivity contribution in [2.75, 3.05) is 20.3 Å². The van der Waals surface area contributed by atoms with Gasteiger partial charge >= 0.3 is 5.97 Å². The molecule has 27 heavy (non-hydrogen) atoms. The van der Waals surface area contributed by atoms with Crippen molar-refractivity contribution in [2.24, 2.45) is 0 Å². The van der Waals surface area contributed by atoms with Crippen LogP contribution < -0.4 is 15.0 Å². The molecule has 0 saturated heterocycles. The zero-order valence-corrected chi connectivity index (χ0v) is 15.2. The molecule has 7 nitrogen and oxygen atoms in total. The van der Waals surface area contributed by atoms with E-state index in [0.717, 1.165) is 5.75 Å². The molecule has 3 rings (SSSR count). The van der Waals surface area contributed by atoms with Crippen molar-refractivity contribution in [1.82, 2.24) is 9.78 Å². The summed E-state index contributed by atoms with van der Waals surface area (Å²) >= 11 is 0. The van der Waals surface area contributed by atoms with Crippen LogP contribution >= 0.6 is 0 Å². The Morgan fingerprint density at radius 1 is 1.00 bits per heavy atom. The largest absolute Gasteiger partial charge is 0.497 e. The first kappa shape index (κ1) is 18.4. The van der Waals surface area contributed by atoms with Crippen molar-refractivity contribution >= 4 is 16.7 Å². The number of aryl methyl sites for hydroxylation is 1. The van der Waals surface area contributed by atoms with Crippen LogP contribution in [-0.4, -0.2) is 36.1 Å². The van der Waals surface area contributed by atoms with Crippen molar-refractivity contribution in [1.29, 1.82) is 0 Å². The van der Waals surface area contributed by atoms with Gasteiger partial charge in [-0.3, -0.25) is 4.79 Å². The van der Waals surface area contributed by atoms with E-state index >= 15 is 0 Å². The number of benzene rings is 2. The molecule has 0 saturated carbocycles. The Hall–Kier alpha value is -3.35. The quantitative estimate of drug-likeness (QED) is 0.471. The lowest BCUT2D eigenvalue weighted by Crippen LogP contribution is -2.26. The molecule has 0 N–H and O–H groups in total. The number of hydrogen-bond acceptors (Lipinski definition) is 6. The smallest absolute Gasteiger partial charge is 0.359 e. The molecule has 0 aliphatic rings. The predicted octanol–water partition coefficient (Wildman–Crippen LogP) is 2.66. The van der Waals surface area contributed by atoms with Gasteiger partial charge in [0, 0.05) is 11.9 Å². The first-order chi connectivity index (χ1) is 13.1. The molecule has 0 amide bonds. The van der Waals surface area contributed by atoms with Crippen molar-refractivity contribution in [2.45, 2.75) is 13.5 Å². The summed E-state index contributed by atoms with van der Waals surface area (Å²) in [6, 6.07) is 14.0. The Balaban J connectivity index is 1.67. The third-order valence-electron chi connectivity index (χ3n) is 4.01. The van der Waals surface area contributed by atoms with E-state index in [1.165, 1.54) is 4.68 Å². The second-order valence-electron chi connectivity index (χ2n) is 5.68. The van der Waals surface area contributed by atoms with Gasteiger partial charge in [-0.15, -0.1) is 0 Å². The molecule has 0 aliphatic heterocycles. The van der Waals surface area contributed by atoms with E-state index < -0.39 is 5.97 Å². The molecule has 2 aromatic carbocycles. The van der Waals surface area contributed by atoms with Gasteiger partial charge in [-0.25, -0.2) is 9.48 Å². The topological polar surface area (TPSA) is 79.7 Å². The molecule has 1 aromatic heterocycles. The number of aromatic nitrogens is 2. The molecule has 0 atom stereocenters. The van der Waals surface area contributed by atoms with Gasteiger partial charge in [0.2, 0.25) is 0 Å². The summed E-state index contributed by atoms with van der Waals surface area (Å²) in [4.78, 5) is 24.8. The number of rotatable bonds is 7. The fourth-order valence-corrected chi connectivity index (χ4v) is 2.63. The van der Waals surface area contributed by atoms with Gasteiger partial charge in [0.05, 0.1) is 12.5 Å². The molecule has 7 heteroatoms. The van der Waals surface area contributed by atoms with E-state index in [2.05, 4.69) is 5.10 Å². The van der Waals surface area contributed by atoms with Crippen molar-refractivity contribution in [3.63, 3.8) is 0 Å². The Labute approximate surface area is 156 Å². The van der Waals surface area contributed by atoms with E-state index in [1.807, 2.05) is 0 Å². The number of ether oxygens (including phenoxy) is 3. The van der Waals surface area contributed by atoms with Gasteiger partial charge in [-0.05, 0) is 37.3 Å². The average molecular weight is 368 g/mol. The number of methoxy groups -OCH3 is 1. The van der Waals surface area contributed by atoms with Crippen molar-refractivity contribution in [3.05, 3.63) is 64.6 Å². The SMILES string of the molecule is CCn1nc(C(=O)OCCOc2ccc(OC)cc2)c2ccccc2c1=O. The van der Waals surface area contributed by atoms with Crippen LogP contribution in [0.5, 0.6) is 11.5 Å². The first-order valence-corrected chi connectivity index (χ1v) is 8.58. The molecule has 0 unspecified atom stereocenters. The van der Waals surface area contributed by atoms with Gasteiger partial charge in [0.1, 0.15) is 24.7 Å². The number of carbonyl (C=O) groups is 1. The van der Waals surface area contributed by atoms with Crippen LogP contribution in [0.2, 0.25) is 0 Å². The molecular formula is C20H20N2O5. The molecule has 0 radical (unpaired) electrons. The van der Waals surface area contributed by atoms with E-state index in [0.29, 0.717) is 23.1 Å². The molecule has 1 heterocycles. The number of fused-ring (bicyclic) bond motifs is 1. The zero-order valence-electron chi connectivity index (χ0n) is 15.2. The lowest BCUT2D eigenvalue weighted by Gasteiger charge is -2.10. The minimum absolute atomic E-state index is 0.0616. The summed E-state index contributed by atoms with van der Waals surface area (Å²) in [5.41, 5.74) is -0.107. The van der Waals surface area contributed by atoms with E-state index in [4.69, 9.17) is 14.2 Å². The summed E-state index contributed by atoms with van der Waals surface area (Å²) in [6.07, 6.45) is 0. The Morgan fingerprint density at radius 3 is 2.33 bits per heavy atom. The molecular weight excluding hydrogens is 348 g/mol. The maximum atomic E-state index is 12.5. The Bertz CT molecular complexity index is 995. The molecule has 3 aromatic rings.